The second-order valence-corrected chi connectivity index (χ2v) is 7.90. The molecule has 0 spiro atoms. The van der Waals surface area contributed by atoms with E-state index in [1.165, 1.54) is 7.11 Å². The van der Waals surface area contributed by atoms with Crippen LogP contribution in [0.3, 0.4) is 0 Å². The lowest BCUT2D eigenvalue weighted by Crippen LogP contribution is -2.43. The largest absolute Gasteiger partial charge is 0.493 e. The van der Waals surface area contributed by atoms with Gasteiger partial charge in [-0.25, -0.2) is 4.98 Å². The summed E-state index contributed by atoms with van der Waals surface area (Å²) >= 11 is 0. The molecule has 8 heteroatoms. The van der Waals surface area contributed by atoms with Gasteiger partial charge in [0.15, 0.2) is 18.1 Å². The number of nitriles is 1. The first-order valence-electron chi connectivity index (χ1n) is 10.7. The number of benzene rings is 2. The molecule has 0 aliphatic carbocycles. The average molecular weight is 447 g/mol. The molecule has 170 valence electrons. The van der Waals surface area contributed by atoms with Gasteiger partial charge < -0.3 is 24.1 Å². The van der Waals surface area contributed by atoms with E-state index in [0.717, 1.165) is 27.7 Å². The molecule has 0 atom stereocenters. The van der Waals surface area contributed by atoms with Crippen molar-refractivity contribution in [1.82, 2.24) is 14.9 Å². The predicted molar refractivity (Wildman–Crippen MR) is 125 cm³/mol. The predicted octanol–water partition coefficient (Wildman–Crippen LogP) is 3.49. The molecule has 1 amide bonds. The monoisotopic (exact) mass is 446 g/mol. The van der Waals surface area contributed by atoms with Crippen LogP contribution in [0.5, 0.6) is 11.5 Å². The summed E-state index contributed by atoms with van der Waals surface area (Å²) in [6.45, 7) is 6.23. The Labute approximate surface area is 192 Å². The zero-order valence-electron chi connectivity index (χ0n) is 19.0. The third-order valence-electron chi connectivity index (χ3n) is 5.69. The van der Waals surface area contributed by atoms with Crippen LogP contribution in [0.15, 0.2) is 30.3 Å². The fraction of sp³-hybridized carbons (Fsp3) is 0.320. The van der Waals surface area contributed by atoms with Gasteiger partial charge in [-0.15, -0.1) is 0 Å². The normalized spacial score (nSPS) is 14.2. The van der Waals surface area contributed by atoms with Gasteiger partial charge in [0, 0.05) is 13.1 Å². The van der Waals surface area contributed by atoms with Gasteiger partial charge in [-0.05, 0) is 60.9 Å². The van der Waals surface area contributed by atoms with E-state index >= 15 is 0 Å². The molecule has 33 heavy (non-hydrogen) atoms. The van der Waals surface area contributed by atoms with Crippen molar-refractivity contribution in [3.05, 3.63) is 52.8 Å². The average Bonchev–Trinajstić information content (AvgIpc) is 3.24. The van der Waals surface area contributed by atoms with Crippen LogP contribution in [-0.4, -0.2) is 60.8 Å². The van der Waals surface area contributed by atoms with E-state index in [-0.39, 0.29) is 12.5 Å². The molecule has 0 bridgehead atoms. The van der Waals surface area contributed by atoms with Crippen molar-refractivity contribution in [1.29, 1.82) is 5.26 Å². The van der Waals surface area contributed by atoms with E-state index in [4.69, 9.17) is 14.2 Å². The molecule has 2 heterocycles. The molecule has 0 radical (unpaired) electrons. The highest BCUT2D eigenvalue weighted by Crippen LogP contribution is 2.30. The van der Waals surface area contributed by atoms with Crippen LogP contribution in [-0.2, 0) is 9.53 Å². The van der Waals surface area contributed by atoms with Gasteiger partial charge >= 0.3 is 0 Å². The molecule has 1 aliphatic rings. The first-order chi connectivity index (χ1) is 16.0. The number of imidazole rings is 1. The van der Waals surface area contributed by atoms with E-state index in [1.54, 1.807) is 23.1 Å². The number of allylic oxidation sites excluding steroid dienone is 1. The Morgan fingerprint density at radius 2 is 1.97 bits per heavy atom. The summed E-state index contributed by atoms with van der Waals surface area (Å²) in [5.74, 6) is 1.36. The van der Waals surface area contributed by atoms with Crippen LogP contribution in [0, 0.1) is 25.2 Å². The van der Waals surface area contributed by atoms with Crippen molar-refractivity contribution in [3.8, 4) is 17.6 Å². The number of nitrogens with one attached hydrogen (secondary N) is 1. The lowest BCUT2D eigenvalue weighted by atomic mass is 10.1. The van der Waals surface area contributed by atoms with E-state index in [2.05, 4.69) is 16.0 Å². The topological polar surface area (TPSA) is 100 Å². The molecule has 3 aromatic rings. The number of methoxy groups -OCH3 is 1. The van der Waals surface area contributed by atoms with Gasteiger partial charge in [0.05, 0.1) is 36.9 Å². The highest BCUT2D eigenvalue weighted by Gasteiger charge is 2.18. The van der Waals surface area contributed by atoms with E-state index < -0.39 is 0 Å². The molecule has 4 rings (SSSR count). The Balaban J connectivity index is 1.53. The lowest BCUT2D eigenvalue weighted by Gasteiger charge is -2.26. The van der Waals surface area contributed by atoms with Crippen molar-refractivity contribution in [2.45, 2.75) is 13.8 Å². The van der Waals surface area contributed by atoms with Gasteiger partial charge in [0.2, 0.25) is 0 Å². The van der Waals surface area contributed by atoms with Crippen LogP contribution in [0.4, 0.5) is 0 Å². The van der Waals surface area contributed by atoms with Crippen LogP contribution in [0.1, 0.15) is 22.5 Å². The smallest absolute Gasteiger partial charge is 0.260 e. The minimum Gasteiger partial charge on any atom is -0.493 e. The number of aromatic amines is 1. The summed E-state index contributed by atoms with van der Waals surface area (Å²) in [4.78, 5) is 21.9. The Bertz CT molecular complexity index is 1210. The first kappa shape index (κ1) is 22.4. The summed E-state index contributed by atoms with van der Waals surface area (Å²) in [6.07, 6.45) is 1.74. The molecule has 8 nitrogen and oxygen atoms in total. The second kappa shape index (κ2) is 9.76. The Kier molecular flexibility index (Phi) is 6.61. The lowest BCUT2D eigenvalue weighted by molar-refractivity contribution is -0.137. The third-order valence-corrected chi connectivity index (χ3v) is 5.69. The zero-order valence-corrected chi connectivity index (χ0v) is 19.0. The minimum absolute atomic E-state index is 0.0766. The molecule has 2 aromatic carbocycles. The molecular weight excluding hydrogens is 420 g/mol. The molecule has 1 saturated heterocycles. The summed E-state index contributed by atoms with van der Waals surface area (Å²) in [7, 11) is 1.54. The van der Waals surface area contributed by atoms with Gasteiger partial charge in [0.25, 0.3) is 5.91 Å². The maximum absolute atomic E-state index is 12.3. The highest BCUT2D eigenvalue weighted by atomic mass is 16.5. The molecular formula is C25H26N4O4. The maximum atomic E-state index is 12.3. The van der Waals surface area contributed by atoms with E-state index in [1.807, 2.05) is 32.0 Å². The van der Waals surface area contributed by atoms with Crippen molar-refractivity contribution in [2.24, 2.45) is 0 Å². The number of carbonyl (C=O) groups is 1. The van der Waals surface area contributed by atoms with Gasteiger partial charge in [0.1, 0.15) is 11.9 Å². The number of ether oxygens (including phenoxy) is 3. The molecule has 1 aliphatic heterocycles. The molecule has 1 fully saturated rings. The molecule has 0 saturated carbocycles. The number of aryl methyl sites for hydroxylation is 2. The quantitative estimate of drug-likeness (QED) is 0.582. The van der Waals surface area contributed by atoms with Gasteiger partial charge in [-0.2, -0.15) is 5.26 Å². The number of morpholine rings is 1. The highest BCUT2D eigenvalue weighted by molar-refractivity contribution is 5.90. The third kappa shape index (κ3) is 4.99. The number of aromatic nitrogens is 2. The maximum Gasteiger partial charge on any atom is 0.260 e. The number of H-pyrrole nitrogens is 1. The summed E-state index contributed by atoms with van der Waals surface area (Å²) in [5, 5.41) is 9.74. The fourth-order valence-electron chi connectivity index (χ4n) is 3.65. The number of carbonyl (C=O) groups excluding carboxylic acids is 1. The van der Waals surface area contributed by atoms with E-state index in [0.29, 0.717) is 49.2 Å². The Morgan fingerprint density at radius 3 is 2.70 bits per heavy atom. The van der Waals surface area contributed by atoms with Crippen molar-refractivity contribution in [3.63, 3.8) is 0 Å². The fourth-order valence-corrected chi connectivity index (χ4v) is 3.65. The van der Waals surface area contributed by atoms with Crippen LogP contribution >= 0.6 is 0 Å². The summed E-state index contributed by atoms with van der Waals surface area (Å²) < 4.78 is 16.4. The first-order valence-corrected chi connectivity index (χ1v) is 10.7. The van der Waals surface area contributed by atoms with Crippen molar-refractivity contribution >= 4 is 28.6 Å². The summed E-state index contributed by atoms with van der Waals surface area (Å²) in [6, 6.07) is 11.6. The number of fused-ring (bicyclic) bond motifs is 1. The Morgan fingerprint density at radius 1 is 1.21 bits per heavy atom. The van der Waals surface area contributed by atoms with Crippen LogP contribution in [0.2, 0.25) is 0 Å². The minimum atomic E-state index is -0.0912. The number of rotatable bonds is 6. The number of nitrogens with zero attached hydrogens (tertiary/aromatic N) is 3. The van der Waals surface area contributed by atoms with Crippen LogP contribution in [0.25, 0.3) is 22.7 Å². The number of hydrogen-bond acceptors (Lipinski definition) is 6. The zero-order chi connectivity index (χ0) is 23.4. The van der Waals surface area contributed by atoms with E-state index in [9.17, 15) is 10.1 Å². The van der Waals surface area contributed by atoms with Gasteiger partial charge in [-0.1, -0.05) is 6.07 Å². The van der Waals surface area contributed by atoms with Crippen LogP contribution < -0.4 is 9.47 Å². The van der Waals surface area contributed by atoms with Gasteiger partial charge in [-0.3, -0.25) is 4.79 Å². The van der Waals surface area contributed by atoms with Crippen molar-refractivity contribution in [2.75, 3.05) is 40.0 Å². The molecule has 0 unspecified atom stereocenters. The summed E-state index contributed by atoms with van der Waals surface area (Å²) in [5.41, 5.74) is 5.17. The Hall–Kier alpha value is -3.83. The molecule has 1 N–H and O–H groups in total. The standard InChI is InChI=1S/C25H26N4O4/c1-16-10-20-21(11-17(16)2)28-25(27-20)19(14-26)12-18-4-5-22(23(13-18)31-3)33-15-24(30)29-6-8-32-9-7-29/h4-5,10-13H,6-9,15H2,1-3H3,(H,27,28). The second-order valence-electron chi connectivity index (χ2n) is 7.90. The molecule has 1 aromatic heterocycles. The number of hydrogen-bond donors (Lipinski definition) is 1. The number of amides is 1. The van der Waals surface area contributed by atoms with Crippen molar-refractivity contribution < 1.29 is 19.0 Å². The SMILES string of the molecule is COc1cc(C=C(C#N)c2nc3cc(C)c(C)cc3[nH]2)ccc1OCC(=O)N1CCOCC1.